The summed E-state index contributed by atoms with van der Waals surface area (Å²) in [5, 5.41) is 0. The number of benzene rings is 1. The zero-order chi connectivity index (χ0) is 21.1. The van der Waals surface area contributed by atoms with Gasteiger partial charge in [-0.15, -0.1) is 0 Å². The highest BCUT2D eigenvalue weighted by molar-refractivity contribution is 6.11. The Morgan fingerprint density at radius 1 is 1.18 bits per heavy atom. The molecule has 152 valence electrons. The summed E-state index contributed by atoms with van der Waals surface area (Å²) in [5.41, 5.74) is -1.84. The first-order valence-corrected chi connectivity index (χ1v) is 8.85. The van der Waals surface area contributed by atoms with E-state index in [1.54, 1.807) is 45.0 Å². The molecule has 2 rings (SSSR count). The molecule has 8 nitrogen and oxygen atoms in total. The van der Waals surface area contributed by atoms with Crippen LogP contribution < -0.4 is 0 Å². The van der Waals surface area contributed by atoms with Crippen LogP contribution >= 0.6 is 0 Å². The number of hydrogen-bond donors (Lipinski definition) is 0. The molecule has 0 N–H and O–H groups in total. The van der Waals surface area contributed by atoms with Crippen molar-refractivity contribution in [1.82, 2.24) is 4.90 Å². The normalized spacial score (nSPS) is 22.0. The maximum absolute atomic E-state index is 13.0. The third-order valence-electron chi connectivity index (χ3n) is 4.33. The van der Waals surface area contributed by atoms with Gasteiger partial charge >= 0.3 is 18.0 Å². The zero-order valence-electron chi connectivity index (χ0n) is 16.7. The highest BCUT2D eigenvalue weighted by Crippen LogP contribution is 2.38. The molecule has 0 unspecified atom stereocenters. The van der Waals surface area contributed by atoms with E-state index < -0.39 is 41.0 Å². The Kier molecular flexibility index (Phi) is 6.11. The summed E-state index contributed by atoms with van der Waals surface area (Å²) in [6.07, 6.45) is -1.25. The van der Waals surface area contributed by atoms with Crippen molar-refractivity contribution < 1.29 is 33.4 Å². The first-order valence-electron chi connectivity index (χ1n) is 8.85. The smallest absolute Gasteiger partial charge is 0.417 e. The van der Waals surface area contributed by atoms with Crippen molar-refractivity contribution in [1.29, 1.82) is 0 Å². The second-order valence-corrected chi connectivity index (χ2v) is 7.79. The molecule has 2 atom stereocenters. The summed E-state index contributed by atoms with van der Waals surface area (Å²) in [7, 11) is 1.14. The van der Waals surface area contributed by atoms with Gasteiger partial charge in [-0.25, -0.2) is 14.5 Å². The molecule has 1 aliphatic heterocycles. The van der Waals surface area contributed by atoms with Crippen LogP contribution in [-0.4, -0.2) is 47.6 Å². The summed E-state index contributed by atoms with van der Waals surface area (Å²) in [4.78, 5) is 51.0. The van der Waals surface area contributed by atoms with E-state index in [9.17, 15) is 19.2 Å². The quantitative estimate of drug-likeness (QED) is 0.441. The van der Waals surface area contributed by atoms with Gasteiger partial charge in [0.1, 0.15) is 23.7 Å². The van der Waals surface area contributed by atoms with Crippen LogP contribution in [-0.2, 0) is 35.2 Å². The van der Waals surface area contributed by atoms with Gasteiger partial charge in [0.15, 0.2) is 0 Å². The van der Waals surface area contributed by atoms with Crippen molar-refractivity contribution in [3.8, 4) is 0 Å². The van der Waals surface area contributed by atoms with Gasteiger partial charge in [-0.05, 0) is 33.3 Å². The Bertz CT molecular complexity index is 769. The number of rotatable bonds is 4. The number of esters is 2. The van der Waals surface area contributed by atoms with E-state index in [-0.39, 0.29) is 13.0 Å². The van der Waals surface area contributed by atoms with Crippen molar-refractivity contribution in [3.63, 3.8) is 0 Å². The Labute approximate surface area is 163 Å². The second-order valence-electron chi connectivity index (χ2n) is 7.79. The molecule has 2 amide bonds. The largest absolute Gasteiger partial charge is 0.467 e. The lowest BCUT2D eigenvalue weighted by molar-refractivity contribution is -0.161. The fraction of sp³-hybridized carbons (Fsp3) is 0.500. The fourth-order valence-electron chi connectivity index (χ4n) is 2.87. The highest BCUT2D eigenvalue weighted by Gasteiger charge is 2.59. The Balaban J connectivity index is 2.23. The summed E-state index contributed by atoms with van der Waals surface area (Å²) >= 11 is 0. The number of ether oxygens (including phenoxy) is 3. The zero-order valence-corrected chi connectivity index (χ0v) is 16.7. The van der Waals surface area contributed by atoms with E-state index in [2.05, 4.69) is 0 Å². The summed E-state index contributed by atoms with van der Waals surface area (Å²) < 4.78 is 15.2. The molecule has 0 radical (unpaired) electrons. The predicted molar refractivity (Wildman–Crippen MR) is 97.8 cm³/mol. The maximum atomic E-state index is 13.0. The van der Waals surface area contributed by atoms with Crippen molar-refractivity contribution >= 4 is 23.9 Å². The molecule has 8 heteroatoms. The first kappa shape index (κ1) is 21.4. The van der Waals surface area contributed by atoms with Crippen molar-refractivity contribution in [2.75, 3.05) is 7.11 Å². The first-order chi connectivity index (χ1) is 13.0. The summed E-state index contributed by atoms with van der Waals surface area (Å²) in [5.74, 6) is -2.48. The molecule has 0 spiro atoms. The lowest BCUT2D eigenvalue weighted by Gasteiger charge is -2.26. The number of carbonyl (C=O) groups is 4. The van der Waals surface area contributed by atoms with Gasteiger partial charge in [-0.2, -0.15) is 0 Å². The number of likely N-dealkylation sites (tertiary alicyclic amines) is 1. The van der Waals surface area contributed by atoms with Crippen LogP contribution in [0, 0.1) is 5.41 Å². The Morgan fingerprint density at radius 3 is 2.32 bits per heavy atom. The third kappa shape index (κ3) is 4.49. The molecule has 1 heterocycles. The van der Waals surface area contributed by atoms with Gasteiger partial charge in [0, 0.05) is 6.42 Å². The molecule has 1 aromatic carbocycles. The molecule has 1 aromatic rings. The maximum Gasteiger partial charge on any atom is 0.417 e. The van der Waals surface area contributed by atoms with Gasteiger partial charge < -0.3 is 14.2 Å². The number of methoxy groups -OCH3 is 1. The lowest BCUT2D eigenvalue weighted by Crippen LogP contribution is -2.47. The van der Waals surface area contributed by atoms with E-state index in [1.807, 2.05) is 6.07 Å². The van der Waals surface area contributed by atoms with Crippen LogP contribution in [0.15, 0.2) is 30.3 Å². The van der Waals surface area contributed by atoms with E-state index in [4.69, 9.17) is 14.2 Å². The molecule has 0 saturated carbocycles. The lowest BCUT2D eigenvalue weighted by atomic mass is 9.87. The minimum absolute atomic E-state index is 0.0299. The molecule has 1 fully saturated rings. The third-order valence-corrected chi connectivity index (χ3v) is 4.33. The number of amides is 2. The van der Waals surface area contributed by atoms with E-state index in [0.717, 1.165) is 12.7 Å². The van der Waals surface area contributed by atoms with Gasteiger partial charge in [0.25, 0.3) is 0 Å². The molecule has 28 heavy (non-hydrogen) atoms. The standard InChI is InChI=1S/C20H25NO7/c1-19(2,3)28-18(25)21-14(15(22)26-5)11-20(4,16(21)23)17(24)27-12-13-9-7-6-8-10-13/h6-10,14H,11-12H2,1-5H3/t14-,20+/m0/s1. The van der Waals surface area contributed by atoms with Gasteiger partial charge in [0.05, 0.1) is 7.11 Å². The Morgan fingerprint density at radius 2 is 1.79 bits per heavy atom. The summed E-state index contributed by atoms with van der Waals surface area (Å²) in [6.45, 7) is 6.21. The van der Waals surface area contributed by atoms with Crippen LogP contribution in [0.2, 0.25) is 0 Å². The van der Waals surface area contributed by atoms with Crippen molar-refractivity contribution in [3.05, 3.63) is 35.9 Å². The van der Waals surface area contributed by atoms with E-state index >= 15 is 0 Å². The van der Waals surface area contributed by atoms with Crippen LogP contribution in [0.1, 0.15) is 39.7 Å². The molecule has 0 aromatic heterocycles. The fourth-order valence-corrected chi connectivity index (χ4v) is 2.87. The van der Waals surface area contributed by atoms with Crippen LogP contribution in [0.25, 0.3) is 0 Å². The molecule has 0 aliphatic carbocycles. The molecule has 1 aliphatic rings. The summed E-state index contributed by atoms with van der Waals surface area (Å²) in [6, 6.07) is 7.70. The second kappa shape index (κ2) is 8.00. The molecular formula is C20H25NO7. The monoisotopic (exact) mass is 391 g/mol. The molecule has 0 bridgehead atoms. The number of imide groups is 1. The average Bonchev–Trinajstić information content (AvgIpc) is 2.91. The minimum atomic E-state index is -1.70. The average molecular weight is 391 g/mol. The Hall–Kier alpha value is -2.90. The van der Waals surface area contributed by atoms with Crippen LogP contribution in [0.4, 0.5) is 4.79 Å². The van der Waals surface area contributed by atoms with Crippen molar-refractivity contribution in [2.24, 2.45) is 5.41 Å². The highest BCUT2D eigenvalue weighted by atomic mass is 16.6. The van der Waals surface area contributed by atoms with Crippen LogP contribution in [0.3, 0.4) is 0 Å². The number of carbonyl (C=O) groups excluding carboxylic acids is 4. The number of hydrogen-bond acceptors (Lipinski definition) is 7. The predicted octanol–water partition coefficient (Wildman–Crippen LogP) is 2.45. The minimum Gasteiger partial charge on any atom is -0.467 e. The SMILES string of the molecule is COC(=O)[C@@H]1C[C@@](C)(C(=O)OCc2ccccc2)C(=O)N1C(=O)OC(C)(C)C. The van der Waals surface area contributed by atoms with E-state index in [1.165, 1.54) is 6.92 Å². The van der Waals surface area contributed by atoms with E-state index in [0.29, 0.717) is 4.90 Å². The van der Waals surface area contributed by atoms with Gasteiger partial charge in [-0.3, -0.25) is 9.59 Å². The topological polar surface area (TPSA) is 99.2 Å². The molecular weight excluding hydrogens is 366 g/mol. The molecule has 1 saturated heterocycles. The van der Waals surface area contributed by atoms with Crippen LogP contribution in [0.5, 0.6) is 0 Å². The van der Waals surface area contributed by atoms with Gasteiger partial charge in [0.2, 0.25) is 5.91 Å². The number of nitrogens with zero attached hydrogens (tertiary/aromatic N) is 1. The van der Waals surface area contributed by atoms with Gasteiger partial charge in [-0.1, -0.05) is 30.3 Å². The van der Waals surface area contributed by atoms with Crippen molar-refractivity contribution in [2.45, 2.75) is 52.4 Å².